The van der Waals surface area contributed by atoms with E-state index in [9.17, 15) is 8.42 Å². The Morgan fingerprint density at radius 1 is 1.46 bits per heavy atom. The van der Waals surface area contributed by atoms with E-state index in [1.165, 1.54) is 0 Å². The molecular formula is C15H20BrN5O3S2. The highest BCUT2D eigenvalue weighted by atomic mass is 79.9. The summed E-state index contributed by atoms with van der Waals surface area (Å²) in [5.41, 5.74) is 0.602. The Hall–Kier alpha value is -1.27. The Morgan fingerprint density at radius 3 is 2.92 bits per heavy atom. The van der Waals surface area contributed by atoms with Crippen LogP contribution in [0.4, 0.5) is 17.5 Å². The number of aromatic nitrogens is 2. The minimum atomic E-state index is -3.48. The first-order valence-electron chi connectivity index (χ1n) is 8.12. The molecule has 0 amide bonds. The fraction of sp³-hybridized carbons (Fsp3) is 0.467. The molecule has 0 saturated heterocycles. The van der Waals surface area contributed by atoms with E-state index in [1.54, 1.807) is 17.6 Å². The standard InChI is InChI=1S/C15H20BrN5O3S2/c1-9(7-22)19-14-12(16)6-17-15(21-14)20-11-4-13(25-8-11)26(23,24)18-5-10-2-3-10/h4,6,8-10,18,22H,2-3,5,7H2,1H3,(H2,17,19,20,21)/t9-/m1/s1. The van der Waals surface area contributed by atoms with Crippen molar-refractivity contribution >= 4 is 54.7 Å². The van der Waals surface area contributed by atoms with Gasteiger partial charge in [0.25, 0.3) is 0 Å². The summed E-state index contributed by atoms with van der Waals surface area (Å²) in [5.74, 6) is 1.34. The number of halogens is 1. The molecule has 4 N–H and O–H groups in total. The van der Waals surface area contributed by atoms with Gasteiger partial charge in [-0.1, -0.05) is 0 Å². The summed E-state index contributed by atoms with van der Waals surface area (Å²) in [6.07, 6.45) is 3.76. The Kier molecular flexibility index (Phi) is 6.13. The van der Waals surface area contributed by atoms with E-state index in [2.05, 4.69) is 41.3 Å². The van der Waals surface area contributed by atoms with E-state index >= 15 is 0 Å². The molecule has 11 heteroatoms. The summed E-state index contributed by atoms with van der Waals surface area (Å²) in [6, 6.07) is 1.40. The highest BCUT2D eigenvalue weighted by Gasteiger charge is 2.25. The number of sulfonamides is 1. The number of hydrogen-bond donors (Lipinski definition) is 4. The van der Waals surface area contributed by atoms with Crippen LogP contribution in [0.25, 0.3) is 0 Å². The van der Waals surface area contributed by atoms with Crippen LogP contribution in [0, 0.1) is 5.92 Å². The number of hydrogen-bond acceptors (Lipinski definition) is 8. The Balaban J connectivity index is 1.69. The average Bonchev–Trinajstić information content (AvgIpc) is 3.32. The topological polar surface area (TPSA) is 116 Å². The molecule has 26 heavy (non-hydrogen) atoms. The summed E-state index contributed by atoms with van der Waals surface area (Å²) in [7, 11) is -3.48. The largest absolute Gasteiger partial charge is 0.394 e. The maximum absolute atomic E-state index is 12.3. The van der Waals surface area contributed by atoms with E-state index < -0.39 is 10.0 Å². The van der Waals surface area contributed by atoms with Crippen molar-refractivity contribution < 1.29 is 13.5 Å². The molecule has 1 saturated carbocycles. The molecule has 142 valence electrons. The lowest BCUT2D eigenvalue weighted by atomic mass is 10.3. The van der Waals surface area contributed by atoms with Gasteiger partial charge in [0.1, 0.15) is 10.0 Å². The van der Waals surface area contributed by atoms with Crippen molar-refractivity contribution in [2.45, 2.75) is 30.0 Å². The van der Waals surface area contributed by atoms with Crippen LogP contribution in [0.1, 0.15) is 19.8 Å². The van der Waals surface area contributed by atoms with Gasteiger partial charge in [-0.2, -0.15) is 4.98 Å². The van der Waals surface area contributed by atoms with Crippen LogP contribution >= 0.6 is 27.3 Å². The van der Waals surface area contributed by atoms with Gasteiger partial charge in [-0.15, -0.1) is 11.3 Å². The van der Waals surface area contributed by atoms with Gasteiger partial charge < -0.3 is 15.7 Å². The number of nitrogens with one attached hydrogen (secondary N) is 3. The summed E-state index contributed by atoms with van der Waals surface area (Å²) in [5, 5.41) is 16.9. The van der Waals surface area contributed by atoms with E-state index in [1.807, 2.05) is 6.92 Å². The molecule has 2 aromatic heterocycles. The maximum atomic E-state index is 12.3. The van der Waals surface area contributed by atoms with Crippen molar-refractivity contribution in [1.29, 1.82) is 0 Å². The minimum Gasteiger partial charge on any atom is -0.394 e. The first-order chi connectivity index (χ1) is 12.4. The fourth-order valence-electron chi connectivity index (χ4n) is 2.08. The second kappa shape index (κ2) is 8.17. The van der Waals surface area contributed by atoms with E-state index in [-0.39, 0.29) is 16.9 Å². The molecule has 0 spiro atoms. The lowest BCUT2D eigenvalue weighted by Gasteiger charge is -2.13. The number of aliphatic hydroxyl groups is 1. The van der Waals surface area contributed by atoms with Gasteiger partial charge in [0.05, 0.1) is 16.8 Å². The van der Waals surface area contributed by atoms with Crippen LogP contribution in [0.15, 0.2) is 26.3 Å². The molecule has 2 heterocycles. The summed E-state index contributed by atoms with van der Waals surface area (Å²) >= 11 is 4.50. The third-order valence-electron chi connectivity index (χ3n) is 3.76. The number of aliphatic hydroxyl groups excluding tert-OH is 1. The minimum absolute atomic E-state index is 0.0290. The SMILES string of the molecule is C[C@H](CO)Nc1nc(Nc2csc(S(=O)(=O)NCC3CC3)c2)ncc1Br. The van der Waals surface area contributed by atoms with E-state index in [4.69, 9.17) is 5.11 Å². The lowest BCUT2D eigenvalue weighted by Crippen LogP contribution is -2.25. The molecule has 1 atom stereocenters. The third-order valence-corrected chi connectivity index (χ3v) is 7.20. The second-order valence-corrected chi connectivity index (χ2v) is 9.95. The molecule has 1 fully saturated rings. The second-order valence-electron chi connectivity index (χ2n) is 6.19. The Morgan fingerprint density at radius 2 is 2.23 bits per heavy atom. The monoisotopic (exact) mass is 461 g/mol. The molecule has 0 unspecified atom stereocenters. The highest BCUT2D eigenvalue weighted by Crippen LogP contribution is 2.30. The molecule has 0 bridgehead atoms. The lowest BCUT2D eigenvalue weighted by molar-refractivity contribution is 0.281. The molecule has 0 radical (unpaired) electrons. The molecule has 2 aromatic rings. The van der Waals surface area contributed by atoms with Crippen LogP contribution in [-0.2, 0) is 10.0 Å². The highest BCUT2D eigenvalue weighted by molar-refractivity contribution is 9.10. The molecular weight excluding hydrogens is 442 g/mol. The molecule has 1 aliphatic carbocycles. The maximum Gasteiger partial charge on any atom is 0.250 e. The van der Waals surface area contributed by atoms with Crippen LogP contribution in [0.2, 0.25) is 0 Å². The van der Waals surface area contributed by atoms with Gasteiger partial charge in [0.15, 0.2) is 0 Å². The van der Waals surface area contributed by atoms with Gasteiger partial charge in [-0.25, -0.2) is 18.1 Å². The first kappa shape index (κ1) is 19.5. The normalized spacial score (nSPS) is 15.7. The van der Waals surface area contributed by atoms with Crippen molar-refractivity contribution in [3.8, 4) is 0 Å². The van der Waals surface area contributed by atoms with Crippen molar-refractivity contribution in [3.05, 3.63) is 22.1 Å². The predicted octanol–water partition coefficient (Wildman–Crippen LogP) is 2.53. The zero-order valence-corrected chi connectivity index (χ0v) is 17.3. The first-order valence-corrected chi connectivity index (χ1v) is 11.3. The van der Waals surface area contributed by atoms with Crippen molar-refractivity contribution in [1.82, 2.24) is 14.7 Å². The Labute approximate surface area is 164 Å². The van der Waals surface area contributed by atoms with Gasteiger partial charge in [0, 0.05) is 24.2 Å². The zero-order chi connectivity index (χ0) is 18.7. The van der Waals surface area contributed by atoms with Crippen LogP contribution in [-0.4, -0.2) is 42.7 Å². The van der Waals surface area contributed by atoms with Gasteiger partial charge >= 0.3 is 0 Å². The number of rotatable bonds is 9. The fourth-order valence-corrected chi connectivity index (χ4v) is 4.66. The molecule has 0 aliphatic heterocycles. The number of nitrogens with zero attached hydrogens (tertiary/aromatic N) is 2. The smallest absolute Gasteiger partial charge is 0.250 e. The van der Waals surface area contributed by atoms with Crippen molar-refractivity contribution in [3.63, 3.8) is 0 Å². The molecule has 0 aromatic carbocycles. The van der Waals surface area contributed by atoms with Crippen LogP contribution in [0.5, 0.6) is 0 Å². The van der Waals surface area contributed by atoms with Crippen molar-refractivity contribution in [2.24, 2.45) is 5.92 Å². The summed E-state index contributed by atoms with van der Waals surface area (Å²) in [4.78, 5) is 8.52. The summed E-state index contributed by atoms with van der Waals surface area (Å²) in [6.45, 7) is 2.29. The van der Waals surface area contributed by atoms with Crippen LogP contribution < -0.4 is 15.4 Å². The zero-order valence-electron chi connectivity index (χ0n) is 14.1. The van der Waals surface area contributed by atoms with E-state index in [0.29, 0.717) is 34.4 Å². The average molecular weight is 462 g/mol. The third kappa shape index (κ3) is 5.13. The molecule has 8 nitrogen and oxygen atoms in total. The van der Waals surface area contributed by atoms with Gasteiger partial charge in [-0.3, -0.25) is 0 Å². The Bertz CT molecular complexity index is 870. The van der Waals surface area contributed by atoms with Crippen molar-refractivity contribution in [2.75, 3.05) is 23.8 Å². The number of anilines is 3. The van der Waals surface area contributed by atoms with Crippen LogP contribution in [0.3, 0.4) is 0 Å². The molecule has 3 rings (SSSR count). The molecule has 1 aliphatic rings. The quantitative estimate of drug-likeness (QED) is 0.453. The van der Waals surface area contributed by atoms with Gasteiger partial charge in [-0.05, 0) is 47.7 Å². The van der Waals surface area contributed by atoms with Gasteiger partial charge in [0.2, 0.25) is 16.0 Å². The summed E-state index contributed by atoms with van der Waals surface area (Å²) < 4.78 is 28.1. The number of thiophene rings is 1. The van der Waals surface area contributed by atoms with E-state index in [0.717, 1.165) is 24.2 Å². The predicted molar refractivity (Wildman–Crippen MR) is 105 cm³/mol.